The van der Waals surface area contributed by atoms with E-state index in [1.807, 2.05) is 25.5 Å². The van der Waals surface area contributed by atoms with Gasteiger partial charge in [0.25, 0.3) is 0 Å². The van der Waals surface area contributed by atoms with Crippen molar-refractivity contribution in [3.8, 4) is 5.75 Å². The molecule has 1 heterocycles. The predicted molar refractivity (Wildman–Crippen MR) is 140 cm³/mol. The molecule has 3 N–H and O–H groups in total. The molecule has 3 rings (SSSR count). The van der Waals surface area contributed by atoms with E-state index in [1.165, 1.54) is 11.1 Å². The minimum Gasteiger partial charge on any atom is -0.491 e. The number of rotatable bonds is 11. The number of nitrogens with zero attached hydrogens (tertiary/aromatic N) is 3. The Morgan fingerprint density at radius 1 is 1.21 bits per heavy atom. The number of ether oxygens (including phenoxy) is 2. The van der Waals surface area contributed by atoms with Gasteiger partial charge in [0.05, 0.1) is 31.1 Å². The summed E-state index contributed by atoms with van der Waals surface area (Å²) in [4.78, 5) is 2.27. The summed E-state index contributed by atoms with van der Waals surface area (Å²) in [6, 6.07) is 6.54. The molecule has 1 aromatic carbocycles. The number of likely N-dealkylation sites (N-methyl/N-ethyl adjacent to an activating group) is 1. The van der Waals surface area contributed by atoms with Crippen molar-refractivity contribution in [1.82, 2.24) is 9.78 Å². The van der Waals surface area contributed by atoms with Crippen molar-refractivity contribution in [3.63, 3.8) is 0 Å². The number of anilines is 1. The van der Waals surface area contributed by atoms with E-state index < -0.39 is 0 Å². The third-order valence-electron chi connectivity index (χ3n) is 6.65. The molecule has 0 saturated heterocycles. The van der Waals surface area contributed by atoms with Crippen LogP contribution in [0.25, 0.3) is 0 Å². The standard InChI is InChI=1S/C25H40N4O3.C2H6/c1-7-28(11-10-26)19-8-9-20(22(14-19)32-16(2)3)23-17(4)24(25(23)31-6)21-15-29(12-13-30)27-18(21)5;1-2/h8-9,14-17,23-25,30H,7,10-13,26H2,1-6H3;1-2H3. The summed E-state index contributed by atoms with van der Waals surface area (Å²) in [5.74, 6) is 1.79. The average molecular weight is 475 g/mol. The van der Waals surface area contributed by atoms with Gasteiger partial charge in [-0.15, -0.1) is 0 Å². The highest BCUT2D eigenvalue weighted by Gasteiger charge is 2.51. The van der Waals surface area contributed by atoms with Crippen LogP contribution in [-0.4, -0.2) is 60.4 Å². The summed E-state index contributed by atoms with van der Waals surface area (Å²) in [7, 11) is 1.79. The summed E-state index contributed by atoms with van der Waals surface area (Å²) in [5.41, 5.74) is 10.4. The third-order valence-corrected chi connectivity index (χ3v) is 6.65. The molecule has 4 unspecified atom stereocenters. The van der Waals surface area contributed by atoms with E-state index in [9.17, 15) is 5.11 Å². The number of nitrogens with two attached hydrogens (primary N) is 1. The maximum Gasteiger partial charge on any atom is 0.125 e. The van der Waals surface area contributed by atoms with E-state index in [0.29, 0.717) is 19.0 Å². The van der Waals surface area contributed by atoms with Crippen LogP contribution >= 0.6 is 0 Å². The monoisotopic (exact) mass is 474 g/mol. The molecule has 1 aliphatic carbocycles. The SMILES string of the molecule is CC.CCN(CCN)c1ccc(C2C(C)C(c3cn(CCO)nc3C)C2OC)c(OC(C)C)c1. The van der Waals surface area contributed by atoms with Crippen LogP contribution in [0.3, 0.4) is 0 Å². The van der Waals surface area contributed by atoms with E-state index in [4.69, 9.17) is 15.2 Å². The summed E-state index contributed by atoms with van der Waals surface area (Å²) < 4.78 is 14.2. The number of aryl methyl sites for hydroxylation is 1. The number of aliphatic hydroxyl groups excluding tert-OH is 1. The number of aliphatic hydroxyl groups is 1. The molecule has 1 aliphatic rings. The van der Waals surface area contributed by atoms with Crippen LogP contribution in [0.2, 0.25) is 0 Å². The molecule has 4 atom stereocenters. The number of methoxy groups -OCH3 is 1. The molecule has 0 radical (unpaired) electrons. The van der Waals surface area contributed by atoms with Gasteiger partial charge in [-0.25, -0.2) is 0 Å². The molecule has 0 amide bonds. The van der Waals surface area contributed by atoms with Crippen LogP contribution in [0.15, 0.2) is 24.4 Å². The molecule has 2 aromatic rings. The lowest BCUT2D eigenvalue weighted by Crippen LogP contribution is -2.47. The topological polar surface area (TPSA) is 85.8 Å². The molecule has 7 heteroatoms. The first-order valence-corrected chi connectivity index (χ1v) is 12.8. The van der Waals surface area contributed by atoms with Crippen LogP contribution in [0.4, 0.5) is 5.69 Å². The lowest BCUT2D eigenvalue weighted by Gasteiger charge is -2.50. The first-order chi connectivity index (χ1) is 16.4. The predicted octanol–water partition coefficient (Wildman–Crippen LogP) is 4.31. The molecule has 0 spiro atoms. The van der Waals surface area contributed by atoms with Gasteiger partial charge in [-0.05, 0) is 45.2 Å². The zero-order chi connectivity index (χ0) is 25.4. The van der Waals surface area contributed by atoms with E-state index in [0.717, 1.165) is 30.2 Å². The number of aromatic nitrogens is 2. The van der Waals surface area contributed by atoms with Crippen LogP contribution < -0.4 is 15.4 Å². The van der Waals surface area contributed by atoms with E-state index >= 15 is 0 Å². The van der Waals surface area contributed by atoms with Crippen molar-refractivity contribution < 1.29 is 14.6 Å². The Hall–Kier alpha value is -2.09. The Morgan fingerprint density at radius 2 is 1.88 bits per heavy atom. The smallest absolute Gasteiger partial charge is 0.125 e. The van der Waals surface area contributed by atoms with Gasteiger partial charge in [0.2, 0.25) is 0 Å². The molecular weight excluding hydrogens is 428 g/mol. The van der Waals surface area contributed by atoms with Crippen LogP contribution in [0, 0.1) is 12.8 Å². The van der Waals surface area contributed by atoms with Gasteiger partial charge in [0, 0.05) is 62.1 Å². The molecule has 192 valence electrons. The van der Waals surface area contributed by atoms with Gasteiger partial charge >= 0.3 is 0 Å². The fourth-order valence-electron chi connectivity index (χ4n) is 5.17. The highest BCUT2D eigenvalue weighted by Crippen LogP contribution is 2.56. The van der Waals surface area contributed by atoms with E-state index in [1.54, 1.807) is 7.11 Å². The van der Waals surface area contributed by atoms with Gasteiger partial charge in [-0.3, -0.25) is 4.68 Å². The molecule has 0 aliphatic heterocycles. The van der Waals surface area contributed by atoms with Gasteiger partial charge in [0.15, 0.2) is 0 Å². The van der Waals surface area contributed by atoms with Crippen LogP contribution in [-0.2, 0) is 11.3 Å². The maximum absolute atomic E-state index is 9.28. The number of benzene rings is 1. The van der Waals surface area contributed by atoms with Crippen molar-refractivity contribution in [2.24, 2.45) is 11.7 Å². The van der Waals surface area contributed by atoms with E-state index in [-0.39, 0.29) is 30.7 Å². The lowest BCUT2D eigenvalue weighted by atomic mass is 9.58. The molecule has 1 aromatic heterocycles. The summed E-state index contributed by atoms with van der Waals surface area (Å²) in [6.45, 7) is 17.5. The fraction of sp³-hybridized carbons (Fsp3) is 0.667. The second kappa shape index (κ2) is 13.1. The number of hydrogen-bond donors (Lipinski definition) is 2. The minimum absolute atomic E-state index is 0.0437. The number of hydrogen-bond acceptors (Lipinski definition) is 6. The van der Waals surface area contributed by atoms with Crippen molar-refractivity contribution in [2.45, 2.75) is 79.1 Å². The van der Waals surface area contributed by atoms with Crippen molar-refractivity contribution >= 4 is 5.69 Å². The highest BCUT2D eigenvalue weighted by atomic mass is 16.5. The van der Waals surface area contributed by atoms with Gasteiger partial charge in [-0.2, -0.15) is 5.10 Å². The largest absolute Gasteiger partial charge is 0.491 e. The third kappa shape index (κ3) is 5.93. The quantitative estimate of drug-likeness (QED) is 0.505. The zero-order valence-corrected chi connectivity index (χ0v) is 22.4. The van der Waals surface area contributed by atoms with Crippen LogP contribution in [0.5, 0.6) is 5.75 Å². The Labute approximate surface area is 206 Å². The summed E-state index contributed by atoms with van der Waals surface area (Å²) in [6.07, 6.45) is 2.19. The van der Waals surface area contributed by atoms with Gasteiger partial charge < -0.3 is 25.2 Å². The van der Waals surface area contributed by atoms with Crippen molar-refractivity contribution in [1.29, 1.82) is 0 Å². The van der Waals surface area contributed by atoms with Gasteiger partial charge in [-0.1, -0.05) is 26.8 Å². The fourth-order valence-corrected chi connectivity index (χ4v) is 5.17. The van der Waals surface area contributed by atoms with E-state index in [2.05, 4.69) is 62.1 Å². The average Bonchev–Trinajstić information content (AvgIpc) is 3.17. The normalized spacial score (nSPS) is 21.6. The minimum atomic E-state index is 0.0437. The summed E-state index contributed by atoms with van der Waals surface area (Å²) in [5, 5.41) is 13.9. The van der Waals surface area contributed by atoms with Crippen molar-refractivity contribution in [2.75, 3.05) is 38.3 Å². The molecule has 34 heavy (non-hydrogen) atoms. The molecule has 1 saturated carbocycles. The zero-order valence-electron chi connectivity index (χ0n) is 22.4. The van der Waals surface area contributed by atoms with Gasteiger partial charge in [0.1, 0.15) is 5.75 Å². The molecule has 0 bridgehead atoms. The molecular formula is C27H46N4O3. The maximum atomic E-state index is 9.28. The Kier molecular flexibility index (Phi) is 10.9. The Balaban J connectivity index is 0.00000199. The molecule has 7 nitrogen and oxygen atoms in total. The second-order valence-electron chi connectivity index (χ2n) is 9.02. The first kappa shape index (κ1) is 28.1. The highest BCUT2D eigenvalue weighted by molar-refractivity contribution is 5.56. The first-order valence-electron chi connectivity index (χ1n) is 12.8. The lowest BCUT2D eigenvalue weighted by molar-refractivity contribution is -0.0452. The Bertz CT molecular complexity index is 883. The second-order valence-corrected chi connectivity index (χ2v) is 9.02. The molecule has 1 fully saturated rings. The van der Waals surface area contributed by atoms with Crippen LogP contribution in [0.1, 0.15) is 70.2 Å². The summed E-state index contributed by atoms with van der Waals surface area (Å²) >= 11 is 0. The Morgan fingerprint density at radius 3 is 2.44 bits per heavy atom. The van der Waals surface area contributed by atoms with Crippen molar-refractivity contribution in [3.05, 3.63) is 41.2 Å².